The summed E-state index contributed by atoms with van der Waals surface area (Å²) < 4.78 is 6.32. The van der Waals surface area contributed by atoms with Crippen molar-refractivity contribution in [2.24, 2.45) is 0 Å². The number of hydrogen-bond acceptors (Lipinski definition) is 5. The topological polar surface area (TPSA) is 70.8 Å². The maximum absolute atomic E-state index is 12.6. The van der Waals surface area contributed by atoms with Gasteiger partial charge in [0.1, 0.15) is 11.9 Å². The molecule has 0 spiro atoms. The number of carbonyl (C=O) groups is 1. The number of rotatable bonds is 12. The van der Waals surface area contributed by atoms with Crippen molar-refractivity contribution in [3.8, 4) is 5.75 Å². The van der Waals surface area contributed by atoms with E-state index in [4.69, 9.17) is 10.5 Å². The lowest BCUT2D eigenvalue weighted by molar-refractivity contribution is 0.0951. The van der Waals surface area contributed by atoms with Crippen LogP contribution in [0.2, 0.25) is 0 Å². The highest BCUT2D eigenvalue weighted by atomic mass is 16.5. The van der Waals surface area contributed by atoms with Crippen LogP contribution in [0, 0.1) is 0 Å². The summed E-state index contributed by atoms with van der Waals surface area (Å²) in [6.45, 7) is 7.24. The van der Waals surface area contributed by atoms with Crippen LogP contribution >= 0.6 is 0 Å². The minimum absolute atomic E-state index is 0.0703. The number of nitrogens with zero attached hydrogens (tertiary/aromatic N) is 2. The van der Waals surface area contributed by atoms with Gasteiger partial charge in [0.15, 0.2) is 0 Å². The number of piperidine rings is 1. The first-order chi connectivity index (χ1) is 19.7. The van der Waals surface area contributed by atoms with Crippen molar-refractivity contribution in [2.45, 2.75) is 50.5 Å². The van der Waals surface area contributed by atoms with Crippen LogP contribution < -0.4 is 15.8 Å². The van der Waals surface area contributed by atoms with Gasteiger partial charge in [0.25, 0.3) is 5.91 Å². The van der Waals surface area contributed by atoms with Crippen LogP contribution in [0.25, 0.3) is 0 Å². The summed E-state index contributed by atoms with van der Waals surface area (Å²) in [6.07, 6.45) is 6.79. The van der Waals surface area contributed by atoms with Crippen molar-refractivity contribution >= 4 is 11.6 Å². The van der Waals surface area contributed by atoms with Crippen LogP contribution in [-0.4, -0.2) is 67.6 Å². The summed E-state index contributed by atoms with van der Waals surface area (Å²) in [4.78, 5) is 17.7. The molecule has 6 nitrogen and oxygen atoms in total. The van der Waals surface area contributed by atoms with E-state index in [1.54, 1.807) is 6.07 Å². The van der Waals surface area contributed by atoms with Crippen molar-refractivity contribution in [3.05, 3.63) is 95.6 Å². The van der Waals surface area contributed by atoms with Crippen molar-refractivity contribution < 1.29 is 9.53 Å². The van der Waals surface area contributed by atoms with Gasteiger partial charge in [-0.15, -0.1) is 0 Å². The fraction of sp³-hybridized carbons (Fsp3) is 0.441. The molecule has 0 atom stereocenters. The molecule has 1 amide bonds. The Bertz CT molecular complexity index is 1150. The van der Waals surface area contributed by atoms with Crippen molar-refractivity contribution in [1.82, 2.24) is 15.1 Å². The largest absolute Gasteiger partial charge is 0.488 e. The number of ether oxygens (including phenoxy) is 1. The van der Waals surface area contributed by atoms with Crippen LogP contribution in [0.15, 0.2) is 78.9 Å². The van der Waals surface area contributed by atoms with E-state index < -0.39 is 0 Å². The third kappa shape index (κ3) is 7.86. The molecule has 0 saturated carbocycles. The van der Waals surface area contributed by atoms with Crippen LogP contribution in [0.1, 0.15) is 65.9 Å². The summed E-state index contributed by atoms with van der Waals surface area (Å²) >= 11 is 0. The molecular formula is C34H44N4O2. The highest BCUT2D eigenvalue weighted by molar-refractivity contribution is 5.95. The number of anilines is 1. The van der Waals surface area contributed by atoms with Gasteiger partial charge in [-0.05, 0) is 87.5 Å². The molecule has 0 aliphatic carbocycles. The van der Waals surface area contributed by atoms with Crippen LogP contribution in [0.4, 0.5) is 5.69 Å². The van der Waals surface area contributed by atoms with Crippen molar-refractivity contribution in [1.29, 1.82) is 0 Å². The average Bonchev–Trinajstić information content (AvgIpc) is 3.52. The Morgan fingerprint density at radius 1 is 0.850 bits per heavy atom. The quantitative estimate of drug-likeness (QED) is 0.233. The fourth-order valence-electron chi connectivity index (χ4n) is 5.99. The Kier molecular flexibility index (Phi) is 10.1. The molecule has 2 aliphatic rings. The van der Waals surface area contributed by atoms with Gasteiger partial charge in [-0.3, -0.25) is 4.79 Å². The molecule has 0 unspecified atom stereocenters. The predicted molar refractivity (Wildman–Crippen MR) is 163 cm³/mol. The lowest BCUT2D eigenvalue weighted by atomic mass is 9.90. The van der Waals surface area contributed by atoms with E-state index in [1.807, 2.05) is 12.1 Å². The number of amides is 1. The van der Waals surface area contributed by atoms with Gasteiger partial charge in [0.2, 0.25) is 0 Å². The maximum atomic E-state index is 12.6. The Balaban J connectivity index is 1.07. The first-order valence-corrected chi connectivity index (χ1v) is 15.0. The summed E-state index contributed by atoms with van der Waals surface area (Å²) in [5.41, 5.74) is 10.1. The van der Waals surface area contributed by atoms with Gasteiger partial charge in [-0.25, -0.2) is 0 Å². The molecule has 2 aliphatic heterocycles. The molecule has 5 rings (SSSR count). The number of benzene rings is 3. The number of nitrogen functional groups attached to an aromatic ring is 1. The summed E-state index contributed by atoms with van der Waals surface area (Å²) in [5, 5.41) is 3.04. The van der Waals surface area contributed by atoms with Crippen LogP contribution in [0.5, 0.6) is 5.75 Å². The number of unbranched alkanes of at least 4 members (excludes halogenated alkanes) is 1. The highest BCUT2D eigenvalue weighted by Crippen LogP contribution is 2.29. The number of nitrogens with two attached hydrogens (primary N) is 1. The zero-order valence-electron chi connectivity index (χ0n) is 23.6. The van der Waals surface area contributed by atoms with E-state index in [1.165, 1.54) is 37.1 Å². The second-order valence-corrected chi connectivity index (χ2v) is 11.3. The minimum atomic E-state index is -0.0703. The molecular weight excluding hydrogens is 496 g/mol. The molecule has 2 fully saturated rings. The summed E-state index contributed by atoms with van der Waals surface area (Å²) in [6, 6.07) is 27.0. The molecule has 6 heteroatoms. The van der Waals surface area contributed by atoms with Gasteiger partial charge >= 0.3 is 0 Å². The maximum Gasteiger partial charge on any atom is 0.251 e. The Morgan fingerprint density at radius 3 is 2.12 bits per heavy atom. The molecule has 2 heterocycles. The molecule has 40 heavy (non-hydrogen) atoms. The number of likely N-dealkylation sites (tertiary alicyclic amines) is 2. The Hall–Kier alpha value is -3.35. The van der Waals surface area contributed by atoms with Crippen LogP contribution in [0.3, 0.4) is 0 Å². The molecule has 0 aromatic heterocycles. The van der Waals surface area contributed by atoms with Gasteiger partial charge < -0.3 is 25.6 Å². The molecule has 2 saturated heterocycles. The molecule has 3 aromatic rings. The molecule has 3 aromatic carbocycles. The minimum Gasteiger partial charge on any atom is -0.488 e. The van der Waals surface area contributed by atoms with E-state index in [-0.39, 0.29) is 12.0 Å². The molecule has 0 radical (unpaired) electrons. The van der Waals surface area contributed by atoms with E-state index in [2.05, 4.69) is 75.8 Å². The van der Waals surface area contributed by atoms with Crippen molar-refractivity contribution in [2.75, 3.05) is 51.5 Å². The number of hydrogen-bond donors (Lipinski definition) is 2. The molecule has 0 bridgehead atoms. The van der Waals surface area contributed by atoms with Crippen molar-refractivity contribution in [3.63, 3.8) is 0 Å². The third-order valence-corrected chi connectivity index (χ3v) is 8.33. The SMILES string of the molecule is Nc1cc(C(=O)NCCCCN2CCCC2)ccc1OC1CCN(CC(c2ccccc2)c2ccccc2)CC1. The second kappa shape index (κ2) is 14.3. The van der Waals surface area contributed by atoms with E-state index in [9.17, 15) is 4.79 Å². The second-order valence-electron chi connectivity index (χ2n) is 11.3. The first-order valence-electron chi connectivity index (χ1n) is 15.0. The van der Waals surface area contributed by atoms with E-state index in [0.717, 1.165) is 51.9 Å². The lowest BCUT2D eigenvalue weighted by Crippen LogP contribution is -2.40. The summed E-state index contributed by atoms with van der Waals surface area (Å²) in [7, 11) is 0. The predicted octanol–water partition coefficient (Wildman–Crippen LogP) is 5.55. The fourth-order valence-corrected chi connectivity index (χ4v) is 5.99. The first kappa shape index (κ1) is 28.2. The third-order valence-electron chi connectivity index (χ3n) is 8.33. The van der Waals surface area contributed by atoms with Gasteiger partial charge in [-0.2, -0.15) is 0 Å². The Morgan fingerprint density at radius 2 is 1.50 bits per heavy atom. The van der Waals surface area contributed by atoms with E-state index >= 15 is 0 Å². The number of carbonyl (C=O) groups excluding carboxylic acids is 1. The smallest absolute Gasteiger partial charge is 0.251 e. The monoisotopic (exact) mass is 540 g/mol. The standard InChI is InChI=1S/C34H44N4O2/c35-32-25-29(34(39)36-19-7-8-20-37-21-9-10-22-37)15-16-33(32)40-30-17-23-38(24-18-30)26-31(27-11-3-1-4-12-27)28-13-5-2-6-14-28/h1-6,11-16,25,30-31H,7-10,17-24,26,35H2,(H,36,39). The molecule has 212 valence electrons. The lowest BCUT2D eigenvalue weighted by Gasteiger charge is -2.35. The normalized spacial score (nSPS) is 16.8. The molecule has 3 N–H and O–H groups in total. The average molecular weight is 541 g/mol. The van der Waals surface area contributed by atoms with Gasteiger partial charge in [0, 0.05) is 37.7 Å². The van der Waals surface area contributed by atoms with Crippen LogP contribution in [-0.2, 0) is 0 Å². The zero-order valence-corrected chi connectivity index (χ0v) is 23.6. The van der Waals surface area contributed by atoms with Gasteiger partial charge in [-0.1, -0.05) is 60.7 Å². The number of nitrogens with one attached hydrogen (secondary N) is 1. The zero-order chi connectivity index (χ0) is 27.6. The highest BCUT2D eigenvalue weighted by Gasteiger charge is 2.25. The Labute approximate surface area is 239 Å². The van der Waals surface area contributed by atoms with Gasteiger partial charge in [0.05, 0.1) is 5.69 Å². The summed E-state index contributed by atoms with van der Waals surface area (Å²) in [5.74, 6) is 0.949. The van der Waals surface area contributed by atoms with E-state index in [0.29, 0.717) is 29.5 Å².